The molecule has 0 spiro atoms. The molecular weight excluding hydrogens is 385 g/mol. The first-order valence-corrected chi connectivity index (χ1v) is 8.28. The number of halogens is 3. The zero-order valence-electron chi connectivity index (χ0n) is 12.4. The summed E-state index contributed by atoms with van der Waals surface area (Å²) in [5, 5.41) is 12.0. The summed E-state index contributed by atoms with van der Waals surface area (Å²) in [5.74, 6) is -0.674. The van der Waals surface area contributed by atoms with Crippen LogP contribution < -0.4 is 0 Å². The normalized spacial score (nSPS) is 11.3. The van der Waals surface area contributed by atoms with Gasteiger partial charge in [0.05, 0.1) is 16.1 Å². The summed E-state index contributed by atoms with van der Waals surface area (Å²) in [4.78, 5) is 16.1. The highest BCUT2D eigenvalue weighted by Gasteiger charge is 2.17. The van der Waals surface area contributed by atoms with Crippen molar-refractivity contribution >= 4 is 62.6 Å². The Kier molecular flexibility index (Phi) is 3.84. The van der Waals surface area contributed by atoms with Gasteiger partial charge in [0.25, 0.3) is 0 Å². The molecule has 25 heavy (non-hydrogen) atoms. The summed E-state index contributed by atoms with van der Waals surface area (Å²) in [6.07, 6.45) is 0. The van der Waals surface area contributed by atoms with Crippen LogP contribution in [-0.2, 0) is 0 Å². The molecule has 0 saturated carbocycles. The van der Waals surface area contributed by atoms with Gasteiger partial charge in [0.1, 0.15) is 5.69 Å². The van der Waals surface area contributed by atoms with Gasteiger partial charge in [-0.2, -0.15) is 0 Å². The second-order valence-electron chi connectivity index (χ2n) is 5.44. The first-order valence-electron chi connectivity index (χ1n) is 7.15. The monoisotopic (exact) mass is 391 g/mol. The average molecular weight is 393 g/mol. The molecule has 0 saturated heterocycles. The predicted molar refractivity (Wildman–Crippen MR) is 98.9 cm³/mol. The van der Waals surface area contributed by atoms with E-state index in [1.165, 1.54) is 6.07 Å². The Balaban J connectivity index is 1.99. The van der Waals surface area contributed by atoms with Gasteiger partial charge in [-0.3, -0.25) is 0 Å². The number of benzene rings is 2. The highest BCUT2D eigenvalue weighted by molar-refractivity contribution is 6.38. The summed E-state index contributed by atoms with van der Waals surface area (Å²) in [7, 11) is 0. The maximum atomic E-state index is 11.6. The van der Waals surface area contributed by atoms with Gasteiger partial charge in [-0.1, -0.05) is 34.8 Å². The summed E-state index contributed by atoms with van der Waals surface area (Å²) in [6, 6.07) is 11.4. The molecule has 0 aliphatic heterocycles. The number of nitrogens with zero attached hydrogens (tertiary/aromatic N) is 1. The van der Waals surface area contributed by atoms with Crippen molar-refractivity contribution in [3.63, 3.8) is 0 Å². The molecule has 0 aliphatic carbocycles. The van der Waals surface area contributed by atoms with Crippen LogP contribution in [0.5, 0.6) is 0 Å². The number of hydrogen-bond donors (Lipinski definition) is 1. The van der Waals surface area contributed by atoms with Crippen molar-refractivity contribution in [3.05, 3.63) is 63.1 Å². The molecule has 4 aromatic rings. The first-order chi connectivity index (χ1) is 11.9. The molecule has 2 heterocycles. The smallest absolute Gasteiger partial charge is 0.336 e. The van der Waals surface area contributed by atoms with Crippen molar-refractivity contribution in [3.8, 4) is 11.5 Å². The van der Waals surface area contributed by atoms with E-state index in [9.17, 15) is 9.90 Å². The van der Waals surface area contributed by atoms with Gasteiger partial charge in [0.15, 0.2) is 11.3 Å². The summed E-state index contributed by atoms with van der Waals surface area (Å²) in [5.41, 5.74) is 1.45. The topological polar surface area (TPSA) is 63.3 Å². The minimum atomic E-state index is -1.08. The third kappa shape index (κ3) is 2.82. The van der Waals surface area contributed by atoms with Gasteiger partial charge in [0.2, 0.25) is 0 Å². The lowest BCUT2D eigenvalue weighted by Crippen LogP contribution is -2.00. The van der Waals surface area contributed by atoms with Crippen molar-refractivity contribution < 1.29 is 14.3 Å². The molecule has 0 fully saturated rings. The fourth-order valence-corrected chi connectivity index (χ4v) is 3.42. The van der Waals surface area contributed by atoms with E-state index in [0.29, 0.717) is 48.4 Å². The van der Waals surface area contributed by atoms with Crippen molar-refractivity contribution in [2.24, 2.45) is 0 Å². The van der Waals surface area contributed by atoms with Crippen LogP contribution in [0, 0.1) is 0 Å². The molecular formula is C18H8Cl3NO3. The van der Waals surface area contributed by atoms with Crippen LogP contribution in [0.25, 0.3) is 33.3 Å². The van der Waals surface area contributed by atoms with Gasteiger partial charge in [0, 0.05) is 20.8 Å². The molecule has 1 N–H and O–H groups in total. The van der Waals surface area contributed by atoms with Gasteiger partial charge < -0.3 is 9.52 Å². The zero-order valence-corrected chi connectivity index (χ0v) is 14.7. The van der Waals surface area contributed by atoms with E-state index in [1.54, 1.807) is 36.4 Å². The van der Waals surface area contributed by atoms with Crippen LogP contribution in [0.4, 0.5) is 0 Å². The summed E-state index contributed by atoms with van der Waals surface area (Å²) < 4.78 is 5.78. The lowest BCUT2D eigenvalue weighted by Gasteiger charge is -2.05. The number of aromatic carboxylic acids is 1. The molecule has 2 aromatic heterocycles. The van der Waals surface area contributed by atoms with E-state index in [4.69, 9.17) is 39.2 Å². The van der Waals surface area contributed by atoms with Crippen LogP contribution in [0.2, 0.25) is 15.1 Å². The van der Waals surface area contributed by atoms with Gasteiger partial charge in [-0.15, -0.1) is 0 Å². The van der Waals surface area contributed by atoms with E-state index < -0.39 is 5.97 Å². The number of hydrogen-bond acceptors (Lipinski definition) is 3. The first kappa shape index (κ1) is 16.2. The van der Waals surface area contributed by atoms with Crippen LogP contribution in [0.1, 0.15) is 10.4 Å². The summed E-state index contributed by atoms with van der Waals surface area (Å²) >= 11 is 18.1. The van der Waals surface area contributed by atoms with Crippen LogP contribution >= 0.6 is 34.8 Å². The Morgan fingerprint density at radius 1 is 1.00 bits per heavy atom. The molecule has 4 nitrogen and oxygen atoms in total. The molecule has 2 aromatic carbocycles. The van der Waals surface area contributed by atoms with Crippen LogP contribution in [0.15, 0.2) is 46.9 Å². The van der Waals surface area contributed by atoms with Crippen molar-refractivity contribution in [1.82, 2.24) is 4.98 Å². The number of carbonyl (C=O) groups is 1. The Bertz CT molecular complexity index is 1170. The number of furan rings is 1. The molecule has 0 bridgehead atoms. The van der Waals surface area contributed by atoms with E-state index in [0.717, 1.165) is 0 Å². The van der Waals surface area contributed by atoms with E-state index >= 15 is 0 Å². The highest BCUT2D eigenvalue weighted by Crippen LogP contribution is 2.35. The van der Waals surface area contributed by atoms with Crippen molar-refractivity contribution in [2.75, 3.05) is 0 Å². The number of pyridine rings is 1. The number of fused-ring (bicyclic) bond motifs is 2. The molecule has 7 heteroatoms. The lowest BCUT2D eigenvalue weighted by molar-refractivity contribution is 0.0699. The largest absolute Gasteiger partial charge is 0.478 e. The van der Waals surface area contributed by atoms with Crippen molar-refractivity contribution in [2.45, 2.75) is 0 Å². The minimum absolute atomic E-state index is 0.0899. The Labute approximate surface area is 156 Å². The highest BCUT2D eigenvalue weighted by atomic mass is 35.5. The summed E-state index contributed by atoms with van der Waals surface area (Å²) in [6.45, 7) is 0. The average Bonchev–Trinajstić information content (AvgIpc) is 2.98. The van der Waals surface area contributed by atoms with Gasteiger partial charge >= 0.3 is 5.97 Å². The number of carboxylic acids is 1. The maximum Gasteiger partial charge on any atom is 0.336 e. The lowest BCUT2D eigenvalue weighted by atomic mass is 10.1. The molecule has 0 unspecified atom stereocenters. The Morgan fingerprint density at radius 3 is 2.56 bits per heavy atom. The third-order valence-corrected chi connectivity index (χ3v) is 4.52. The molecule has 0 amide bonds. The minimum Gasteiger partial charge on any atom is -0.478 e. The Morgan fingerprint density at radius 2 is 1.80 bits per heavy atom. The van der Waals surface area contributed by atoms with Gasteiger partial charge in [-0.05, 0) is 42.5 Å². The zero-order chi connectivity index (χ0) is 17.7. The van der Waals surface area contributed by atoms with E-state index in [-0.39, 0.29) is 5.56 Å². The van der Waals surface area contributed by atoms with Gasteiger partial charge in [-0.25, -0.2) is 9.78 Å². The second-order valence-corrected chi connectivity index (χ2v) is 6.72. The quantitative estimate of drug-likeness (QED) is 0.434. The second kappa shape index (κ2) is 5.92. The fraction of sp³-hybridized carbons (Fsp3) is 0. The van der Waals surface area contributed by atoms with Crippen molar-refractivity contribution in [1.29, 1.82) is 0 Å². The Hall–Kier alpha value is -2.27. The van der Waals surface area contributed by atoms with E-state index in [1.807, 2.05) is 0 Å². The standard InChI is InChI=1S/C18H8Cl3NO3/c19-9-1-2-14-11(5-9)12(18(23)24)7-15(22-14)16-4-8-3-10(20)6-13(21)17(8)25-16/h1-7H,(H,23,24). The number of carboxylic acid groups (broad SMARTS) is 1. The van der Waals surface area contributed by atoms with E-state index in [2.05, 4.69) is 4.98 Å². The molecule has 124 valence electrons. The molecule has 0 radical (unpaired) electrons. The molecule has 4 rings (SSSR count). The predicted octanol–water partition coefficient (Wildman–Crippen LogP) is 6.31. The third-order valence-electron chi connectivity index (χ3n) is 3.79. The number of rotatable bonds is 2. The SMILES string of the molecule is O=C(O)c1cc(-c2cc3cc(Cl)cc(Cl)c3o2)nc2ccc(Cl)cc12. The molecule has 0 aliphatic rings. The van der Waals surface area contributed by atoms with Crippen LogP contribution in [0.3, 0.4) is 0 Å². The fourth-order valence-electron chi connectivity index (χ4n) is 2.70. The molecule has 0 atom stereocenters. The maximum absolute atomic E-state index is 11.6. The van der Waals surface area contributed by atoms with Crippen LogP contribution in [-0.4, -0.2) is 16.1 Å². The number of aromatic nitrogens is 1.